The zero-order chi connectivity index (χ0) is 16.6. The fraction of sp³-hybridized carbons (Fsp3) is 0.412. The van der Waals surface area contributed by atoms with Gasteiger partial charge in [0.1, 0.15) is 0 Å². The van der Waals surface area contributed by atoms with Crippen molar-refractivity contribution in [2.24, 2.45) is 0 Å². The monoisotopic (exact) mass is 333 g/mol. The fourth-order valence-electron chi connectivity index (χ4n) is 2.53. The van der Waals surface area contributed by atoms with Gasteiger partial charge in [-0.2, -0.15) is 0 Å². The van der Waals surface area contributed by atoms with E-state index in [1.807, 2.05) is 18.2 Å². The smallest absolute Gasteiger partial charge is 0.229 e. The summed E-state index contributed by atoms with van der Waals surface area (Å²) < 4.78 is 5.31. The summed E-state index contributed by atoms with van der Waals surface area (Å²) >= 11 is 5.90. The molecule has 2 heterocycles. The summed E-state index contributed by atoms with van der Waals surface area (Å²) in [7, 11) is 0. The molecule has 0 spiro atoms. The summed E-state index contributed by atoms with van der Waals surface area (Å²) in [5, 5.41) is 7.96. The molecule has 1 aromatic heterocycles. The lowest BCUT2D eigenvalue weighted by Crippen LogP contribution is -2.56. The van der Waals surface area contributed by atoms with Crippen molar-refractivity contribution in [1.82, 2.24) is 5.16 Å². The Kier molecular flexibility index (Phi) is 4.06. The zero-order valence-corrected chi connectivity index (χ0v) is 14.2. The van der Waals surface area contributed by atoms with Crippen LogP contribution < -0.4 is 10.2 Å². The first-order valence-electron chi connectivity index (χ1n) is 7.63. The first-order valence-corrected chi connectivity index (χ1v) is 8.01. The molecule has 1 atom stereocenters. The average Bonchev–Trinajstić information content (AvgIpc) is 2.94. The van der Waals surface area contributed by atoms with Crippen molar-refractivity contribution >= 4 is 29.1 Å². The highest BCUT2D eigenvalue weighted by Crippen LogP contribution is 2.29. The third kappa shape index (κ3) is 3.34. The van der Waals surface area contributed by atoms with E-state index in [0.29, 0.717) is 23.9 Å². The van der Waals surface area contributed by atoms with E-state index in [-0.39, 0.29) is 17.4 Å². The van der Waals surface area contributed by atoms with Crippen molar-refractivity contribution < 1.29 is 9.32 Å². The highest BCUT2D eigenvalue weighted by atomic mass is 35.5. The van der Waals surface area contributed by atoms with Gasteiger partial charge in [0.05, 0.1) is 11.7 Å². The van der Waals surface area contributed by atoms with Gasteiger partial charge in [0.2, 0.25) is 11.8 Å². The van der Waals surface area contributed by atoms with Crippen molar-refractivity contribution in [3.63, 3.8) is 0 Å². The first-order chi connectivity index (χ1) is 10.8. The molecule has 1 saturated heterocycles. The van der Waals surface area contributed by atoms with Gasteiger partial charge in [0, 0.05) is 35.2 Å². The van der Waals surface area contributed by atoms with E-state index in [0.717, 1.165) is 11.4 Å². The van der Waals surface area contributed by atoms with Gasteiger partial charge in [-0.15, -0.1) is 0 Å². The van der Waals surface area contributed by atoms with Gasteiger partial charge in [-0.05, 0) is 24.3 Å². The van der Waals surface area contributed by atoms with E-state index < -0.39 is 0 Å². The molecule has 3 rings (SSSR count). The molecule has 0 aliphatic carbocycles. The molecule has 1 fully saturated rings. The molecule has 2 aromatic rings. The Balaban J connectivity index is 1.63. The minimum absolute atomic E-state index is 0.0504. The van der Waals surface area contributed by atoms with Crippen molar-refractivity contribution in [2.45, 2.75) is 38.6 Å². The lowest BCUT2D eigenvalue weighted by atomic mass is 9.92. The first kappa shape index (κ1) is 15.9. The zero-order valence-electron chi connectivity index (χ0n) is 13.5. The maximum atomic E-state index is 11.9. The van der Waals surface area contributed by atoms with Crippen LogP contribution in [-0.2, 0) is 10.2 Å². The number of β-lactam (4-membered cyclic amide) rings is 1. The van der Waals surface area contributed by atoms with Crippen molar-refractivity contribution in [3.8, 4) is 0 Å². The summed E-state index contributed by atoms with van der Waals surface area (Å²) in [5.41, 5.74) is 1.72. The fourth-order valence-corrected chi connectivity index (χ4v) is 2.66. The number of nitrogens with zero attached hydrogens (tertiary/aromatic N) is 2. The predicted molar refractivity (Wildman–Crippen MR) is 91.0 cm³/mol. The quantitative estimate of drug-likeness (QED) is 0.863. The van der Waals surface area contributed by atoms with Crippen LogP contribution in [0.1, 0.15) is 32.9 Å². The number of carbonyl (C=O) groups is 1. The molecule has 0 radical (unpaired) electrons. The molecule has 6 heteroatoms. The van der Waals surface area contributed by atoms with Crippen molar-refractivity contribution in [3.05, 3.63) is 41.0 Å². The Hall–Kier alpha value is -2.01. The maximum Gasteiger partial charge on any atom is 0.229 e. The normalized spacial score (nSPS) is 18.0. The molecular formula is C17H20ClN3O2. The third-order valence-electron chi connectivity index (χ3n) is 3.94. The number of hydrogen-bond acceptors (Lipinski definition) is 4. The van der Waals surface area contributed by atoms with E-state index in [1.165, 1.54) is 0 Å². The summed E-state index contributed by atoms with van der Waals surface area (Å²) in [6.07, 6.45) is 0.524. The molecule has 23 heavy (non-hydrogen) atoms. The molecular weight excluding hydrogens is 314 g/mol. The predicted octanol–water partition coefficient (Wildman–Crippen LogP) is 3.84. The van der Waals surface area contributed by atoms with Crippen LogP contribution in [0, 0.1) is 0 Å². The van der Waals surface area contributed by atoms with Crippen LogP contribution in [-0.4, -0.2) is 23.7 Å². The van der Waals surface area contributed by atoms with E-state index in [1.54, 1.807) is 17.0 Å². The van der Waals surface area contributed by atoms with Crippen LogP contribution in [0.5, 0.6) is 0 Å². The number of anilines is 2. The topological polar surface area (TPSA) is 58.4 Å². The minimum Gasteiger partial charge on any atom is -0.352 e. The van der Waals surface area contributed by atoms with Crippen LogP contribution in [0.2, 0.25) is 5.02 Å². The highest BCUT2D eigenvalue weighted by Gasteiger charge is 2.37. The lowest BCUT2D eigenvalue weighted by molar-refractivity contribution is -0.123. The van der Waals surface area contributed by atoms with E-state index in [2.05, 4.69) is 31.2 Å². The van der Waals surface area contributed by atoms with E-state index in [4.69, 9.17) is 16.1 Å². The molecule has 1 aliphatic heterocycles. The standard InChI is InChI=1S/C17H20ClN3O2/c1-17(2,3)14-9-15(23-20-14)19-10-13-8-16(22)21(13)12-6-4-11(18)5-7-12/h4-7,9,13,19H,8,10H2,1-3H3/t13-/m0/s1. The van der Waals surface area contributed by atoms with Gasteiger partial charge in [-0.1, -0.05) is 37.5 Å². The van der Waals surface area contributed by atoms with Crippen molar-refractivity contribution in [2.75, 3.05) is 16.8 Å². The number of rotatable bonds is 4. The number of carbonyl (C=O) groups excluding carboxylic acids is 1. The molecule has 122 valence electrons. The molecule has 0 bridgehead atoms. The van der Waals surface area contributed by atoms with Crippen LogP contribution in [0.25, 0.3) is 0 Å². The van der Waals surface area contributed by atoms with Crippen LogP contribution in [0.4, 0.5) is 11.6 Å². The highest BCUT2D eigenvalue weighted by molar-refractivity contribution is 6.30. The van der Waals surface area contributed by atoms with E-state index >= 15 is 0 Å². The summed E-state index contributed by atoms with van der Waals surface area (Å²) in [6, 6.07) is 9.31. The van der Waals surface area contributed by atoms with Crippen LogP contribution in [0.3, 0.4) is 0 Å². The summed E-state index contributed by atoms with van der Waals surface area (Å²) in [5.74, 6) is 0.748. The van der Waals surface area contributed by atoms with Gasteiger partial charge in [0.15, 0.2) is 0 Å². The summed E-state index contributed by atoms with van der Waals surface area (Å²) in [6.45, 7) is 6.87. The average molecular weight is 334 g/mol. The Morgan fingerprint density at radius 1 is 1.35 bits per heavy atom. The molecule has 1 aliphatic rings. The number of amides is 1. The second-order valence-corrected chi connectivity index (χ2v) is 7.24. The lowest BCUT2D eigenvalue weighted by Gasteiger charge is -2.40. The Bertz CT molecular complexity index is 703. The summed E-state index contributed by atoms with van der Waals surface area (Å²) in [4.78, 5) is 13.7. The SMILES string of the molecule is CC(C)(C)c1cc(NC[C@@H]2CC(=O)N2c2ccc(Cl)cc2)on1. The minimum atomic E-state index is -0.0504. The van der Waals surface area contributed by atoms with Gasteiger partial charge in [0.25, 0.3) is 0 Å². The third-order valence-corrected chi connectivity index (χ3v) is 4.19. The molecule has 0 unspecified atom stereocenters. The largest absolute Gasteiger partial charge is 0.352 e. The van der Waals surface area contributed by atoms with Gasteiger partial charge < -0.3 is 14.7 Å². The molecule has 1 aromatic carbocycles. The Morgan fingerprint density at radius 3 is 2.61 bits per heavy atom. The van der Waals surface area contributed by atoms with Gasteiger partial charge in [-0.25, -0.2) is 0 Å². The number of aromatic nitrogens is 1. The second-order valence-electron chi connectivity index (χ2n) is 6.81. The number of hydrogen-bond donors (Lipinski definition) is 1. The Labute approximate surface area is 140 Å². The molecule has 1 N–H and O–H groups in total. The molecule has 5 nitrogen and oxygen atoms in total. The Morgan fingerprint density at radius 2 is 2.04 bits per heavy atom. The van der Waals surface area contributed by atoms with Crippen LogP contribution in [0.15, 0.2) is 34.9 Å². The van der Waals surface area contributed by atoms with Gasteiger partial charge >= 0.3 is 0 Å². The van der Waals surface area contributed by atoms with Crippen molar-refractivity contribution in [1.29, 1.82) is 0 Å². The van der Waals surface area contributed by atoms with E-state index in [9.17, 15) is 4.79 Å². The number of nitrogens with one attached hydrogen (secondary N) is 1. The van der Waals surface area contributed by atoms with Crippen LogP contribution >= 0.6 is 11.6 Å². The second kappa shape index (κ2) is 5.89. The molecule has 1 amide bonds. The number of halogens is 1. The maximum absolute atomic E-state index is 11.9. The van der Waals surface area contributed by atoms with Gasteiger partial charge in [-0.3, -0.25) is 4.79 Å². The molecule has 0 saturated carbocycles. The number of benzene rings is 1.